The van der Waals surface area contributed by atoms with Crippen molar-refractivity contribution in [2.45, 2.75) is 26.6 Å². The van der Waals surface area contributed by atoms with Crippen LogP contribution in [0.25, 0.3) is 0 Å². The van der Waals surface area contributed by atoms with E-state index in [1.165, 1.54) is 11.1 Å². The highest BCUT2D eigenvalue weighted by atomic mass is 35.5. The molecule has 0 saturated heterocycles. The van der Waals surface area contributed by atoms with Gasteiger partial charge in [-0.05, 0) is 48.9 Å². The molecule has 0 spiro atoms. The second kappa shape index (κ2) is 9.06. The summed E-state index contributed by atoms with van der Waals surface area (Å²) in [6.07, 6.45) is 3.66. The monoisotopic (exact) mass is 418 g/mol. The first-order valence-corrected chi connectivity index (χ1v) is 10.2. The van der Waals surface area contributed by atoms with Crippen molar-refractivity contribution < 1.29 is 9.21 Å². The minimum atomic E-state index is -0.125. The highest BCUT2D eigenvalue weighted by molar-refractivity contribution is 6.33. The van der Waals surface area contributed by atoms with Gasteiger partial charge in [-0.15, -0.1) is 0 Å². The summed E-state index contributed by atoms with van der Waals surface area (Å²) in [4.78, 5) is 15.1. The largest absolute Gasteiger partial charge is 0.467 e. The molecule has 0 radical (unpaired) electrons. The summed E-state index contributed by atoms with van der Waals surface area (Å²) in [5.74, 6) is 0.604. The average Bonchev–Trinajstić information content (AvgIpc) is 3.41. The van der Waals surface area contributed by atoms with Gasteiger partial charge in [0.1, 0.15) is 5.76 Å². The number of amides is 1. The van der Waals surface area contributed by atoms with E-state index in [4.69, 9.17) is 16.0 Å². The van der Waals surface area contributed by atoms with Gasteiger partial charge in [0.25, 0.3) is 5.91 Å². The molecule has 30 heavy (non-hydrogen) atoms. The third-order valence-electron chi connectivity index (χ3n) is 5.07. The number of aryl methyl sites for hydroxylation is 1. The number of benzene rings is 2. The molecule has 0 N–H and O–H groups in total. The van der Waals surface area contributed by atoms with Crippen molar-refractivity contribution in [3.8, 4) is 0 Å². The van der Waals surface area contributed by atoms with Gasteiger partial charge in [0.2, 0.25) is 0 Å². The summed E-state index contributed by atoms with van der Waals surface area (Å²) < 4.78 is 7.67. The maximum atomic E-state index is 13.3. The first kappa shape index (κ1) is 20.0. The van der Waals surface area contributed by atoms with Gasteiger partial charge in [0.15, 0.2) is 0 Å². The Morgan fingerprint density at radius 3 is 2.50 bits per heavy atom. The van der Waals surface area contributed by atoms with Crippen LogP contribution in [0.2, 0.25) is 5.02 Å². The predicted octanol–water partition coefficient (Wildman–Crippen LogP) is 5.93. The first-order valence-electron chi connectivity index (χ1n) is 9.86. The first-order chi connectivity index (χ1) is 14.6. The number of furan rings is 1. The molecule has 2 aromatic heterocycles. The summed E-state index contributed by atoms with van der Waals surface area (Å²) in [7, 11) is 0. The van der Waals surface area contributed by atoms with Gasteiger partial charge < -0.3 is 13.9 Å². The van der Waals surface area contributed by atoms with Gasteiger partial charge in [0.05, 0.1) is 29.9 Å². The van der Waals surface area contributed by atoms with Gasteiger partial charge in [-0.25, -0.2) is 0 Å². The zero-order chi connectivity index (χ0) is 20.9. The van der Waals surface area contributed by atoms with Gasteiger partial charge in [0, 0.05) is 18.4 Å². The second-order valence-electron chi connectivity index (χ2n) is 7.33. The summed E-state index contributed by atoms with van der Waals surface area (Å²) in [5, 5.41) is 0.446. The predicted molar refractivity (Wildman–Crippen MR) is 118 cm³/mol. The fraction of sp³-hybridized carbons (Fsp3) is 0.160. The van der Waals surface area contributed by atoms with Crippen molar-refractivity contribution in [1.29, 1.82) is 0 Å². The Bertz CT molecular complexity index is 1110. The number of rotatable bonds is 7. The maximum Gasteiger partial charge on any atom is 0.256 e. The number of carbonyl (C=O) groups excluding carboxylic acids is 1. The van der Waals surface area contributed by atoms with E-state index < -0.39 is 0 Å². The quantitative estimate of drug-likeness (QED) is 0.373. The molecule has 0 saturated carbocycles. The molecular weight excluding hydrogens is 396 g/mol. The summed E-state index contributed by atoms with van der Waals surface area (Å²) in [5.41, 5.74) is 3.99. The lowest BCUT2D eigenvalue weighted by atomic mass is 10.1. The van der Waals surface area contributed by atoms with Crippen LogP contribution in [-0.4, -0.2) is 15.4 Å². The highest BCUT2D eigenvalue weighted by Gasteiger charge is 2.21. The third-order valence-corrected chi connectivity index (χ3v) is 5.40. The van der Waals surface area contributed by atoms with Gasteiger partial charge in [-0.3, -0.25) is 4.79 Å². The fourth-order valence-corrected chi connectivity index (χ4v) is 3.64. The van der Waals surface area contributed by atoms with E-state index >= 15 is 0 Å². The van der Waals surface area contributed by atoms with Crippen LogP contribution in [0.3, 0.4) is 0 Å². The van der Waals surface area contributed by atoms with E-state index in [0.29, 0.717) is 23.7 Å². The number of nitrogens with zero attached hydrogens (tertiary/aromatic N) is 2. The molecular formula is C25H23ClN2O2. The van der Waals surface area contributed by atoms with Crippen LogP contribution in [0.4, 0.5) is 0 Å². The number of aromatic nitrogens is 1. The Kier molecular flexibility index (Phi) is 6.05. The molecule has 2 heterocycles. The Morgan fingerprint density at radius 1 is 0.967 bits per heavy atom. The minimum absolute atomic E-state index is 0.125. The summed E-state index contributed by atoms with van der Waals surface area (Å²) >= 11 is 6.30. The molecule has 152 valence electrons. The molecule has 4 aromatic rings. The Balaban J connectivity index is 1.59. The molecule has 0 aliphatic heterocycles. The molecule has 0 bridgehead atoms. The van der Waals surface area contributed by atoms with E-state index in [9.17, 15) is 4.79 Å². The van der Waals surface area contributed by atoms with E-state index in [1.807, 2.05) is 42.6 Å². The molecule has 0 unspecified atom stereocenters. The van der Waals surface area contributed by atoms with Gasteiger partial charge in [-0.2, -0.15) is 0 Å². The molecule has 4 rings (SSSR count). The number of hydrogen-bond donors (Lipinski definition) is 0. The van der Waals surface area contributed by atoms with Crippen LogP contribution in [0.1, 0.15) is 32.9 Å². The molecule has 5 heteroatoms. The number of hydrogen-bond acceptors (Lipinski definition) is 2. The van der Waals surface area contributed by atoms with Crippen molar-refractivity contribution in [1.82, 2.24) is 9.47 Å². The average molecular weight is 419 g/mol. The Labute approximate surface area is 181 Å². The number of halogens is 1. The molecule has 1 amide bonds. The Morgan fingerprint density at radius 2 is 1.77 bits per heavy atom. The lowest BCUT2D eigenvalue weighted by Crippen LogP contribution is -2.31. The molecule has 2 aromatic carbocycles. The van der Waals surface area contributed by atoms with Crippen LogP contribution in [0.15, 0.2) is 89.7 Å². The second-order valence-corrected chi connectivity index (χ2v) is 7.74. The molecule has 0 atom stereocenters. The van der Waals surface area contributed by atoms with Crippen molar-refractivity contribution in [2.75, 3.05) is 0 Å². The van der Waals surface area contributed by atoms with Crippen LogP contribution < -0.4 is 0 Å². The van der Waals surface area contributed by atoms with E-state index in [0.717, 1.165) is 18.0 Å². The number of carbonyl (C=O) groups is 1. The highest BCUT2D eigenvalue weighted by Crippen LogP contribution is 2.21. The topological polar surface area (TPSA) is 38.4 Å². The van der Waals surface area contributed by atoms with Crippen LogP contribution in [-0.2, 0) is 19.6 Å². The summed E-state index contributed by atoms with van der Waals surface area (Å²) in [6.45, 7) is 3.64. The van der Waals surface area contributed by atoms with E-state index in [-0.39, 0.29) is 5.91 Å². The van der Waals surface area contributed by atoms with E-state index in [1.54, 1.807) is 23.3 Å². The van der Waals surface area contributed by atoms with E-state index in [2.05, 4.69) is 35.8 Å². The minimum Gasteiger partial charge on any atom is -0.467 e. The zero-order valence-electron chi connectivity index (χ0n) is 16.8. The molecule has 0 fully saturated rings. The lowest BCUT2D eigenvalue weighted by Gasteiger charge is -2.23. The standard InChI is InChI=1S/C25H23ClN2O2/c1-19-10-12-20(13-11-19)16-27-14-4-6-21(27)17-28(18-22-7-5-15-30-22)25(29)23-8-2-3-9-24(23)26/h2-15H,16-18H2,1H3. The van der Waals surface area contributed by atoms with Crippen molar-refractivity contribution in [3.63, 3.8) is 0 Å². The molecule has 0 aliphatic rings. The molecule has 4 nitrogen and oxygen atoms in total. The molecule has 0 aliphatic carbocycles. The Hall–Kier alpha value is -3.24. The van der Waals surface area contributed by atoms with Crippen LogP contribution in [0.5, 0.6) is 0 Å². The smallest absolute Gasteiger partial charge is 0.256 e. The van der Waals surface area contributed by atoms with Gasteiger partial charge >= 0.3 is 0 Å². The maximum absolute atomic E-state index is 13.3. The van der Waals surface area contributed by atoms with Crippen LogP contribution >= 0.6 is 11.6 Å². The van der Waals surface area contributed by atoms with Crippen molar-refractivity contribution in [3.05, 3.63) is 118 Å². The zero-order valence-corrected chi connectivity index (χ0v) is 17.5. The van der Waals surface area contributed by atoms with Gasteiger partial charge in [-0.1, -0.05) is 53.6 Å². The SMILES string of the molecule is Cc1ccc(Cn2cccc2CN(Cc2ccco2)C(=O)c2ccccc2Cl)cc1. The summed E-state index contributed by atoms with van der Waals surface area (Å²) in [6, 6.07) is 23.4. The van der Waals surface area contributed by atoms with Crippen LogP contribution in [0, 0.1) is 6.92 Å². The lowest BCUT2D eigenvalue weighted by molar-refractivity contribution is 0.0714. The third kappa shape index (κ3) is 4.66. The van der Waals surface area contributed by atoms with Crippen molar-refractivity contribution >= 4 is 17.5 Å². The van der Waals surface area contributed by atoms with Crippen molar-refractivity contribution in [2.24, 2.45) is 0 Å². The fourth-order valence-electron chi connectivity index (χ4n) is 3.43. The normalized spacial score (nSPS) is 10.9.